The van der Waals surface area contributed by atoms with Gasteiger partial charge in [-0.2, -0.15) is 0 Å². The summed E-state index contributed by atoms with van der Waals surface area (Å²) in [7, 11) is 0. The Morgan fingerprint density at radius 1 is 1.25 bits per heavy atom. The van der Waals surface area contributed by atoms with Crippen LogP contribution in [0.15, 0.2) is 24.3 Å². The molecule has 1 saturated carbocycles. The molecule has 0 bridgehead atoms. The Balaban J connectivity index is 2.17. The lowest BCUT2D eigenvalue weighted by Gasteiger charge is -2.32. The molecule has 88 valence electrons. The van der Waals surface area contributed by atoms with E-state index in [9.17, 15) is 5.11 Å². The van der Waals surface area contributed by atoms with Crippen molar-refractivity contribution in [2.45, 2.75) is 37.8 Å². The van der Waals surface area contributed by atoms with Gasteiger partial charge < -0.3 is 10.8 Å². The average Bonchev–Trinajstić information content (AvgIpc) is 2.29. The van der Waals surface area contributed by atoms with Crippen LogP contribution in [0.4, 0.5) is 0 Å². The minimum atomic E-state index is -0.524. The van der Waals surface area contributed by atoms with Gasteiger partial charge in [0.1, 0.15) is 0 Å². The number of aliphatic hydroxyl groups is 1. The molecule has 16 heavy (non-hydrogen) atoms. The van der Waals surface area contributed by atoms with E-state index in [0.717, 1.165) is 24.8 Å². The Morgan fingerprint density at radius 2 is 1.94 bits per heavy atom. The number of hydrogen-bond donors (Lipinski definition) is 2. The lowest BCUT2D eigenvalue weighted by molar-refractivity contribution is 0.0723. The van der Waals surface area contributed by atoms with Gasteiger partial charge in [-0.3, -0.25) is 0 Å². The van der Waals surface area contributed by atoms with Gasteiger partial charge >= 0.3 is 0 Å². The minimum Gasteiger partial charge on any atom is -0.388 e. The van der Waals surface area contributed by atoms with Gasteiger partial charge in [0.05, 0.1) is 6.10 Å². The molecule has 2 nitrogen and oxygen atoms in total. The molecule has 1 aliphatic rings. The lowest BCUT2D eigenvalue weighted by Crippen LogP contribution is -2.36. The van der Waals surface area contributed by atoms with Crippen LogP contribution in [0.5, 0.6) is 0 Å². The molecule has 3 unspecified atom stereocenters. The Bertz CT molecular complexity index is 356. The standard InChI is InChI=1S/C13H18ClNO/c14-11-7-3-1-5-9(11)13(16)10-6-2-4-8-12(10)15/h1,3,5,7,10,12-13,16H,2,4,6,8,15H2. The van der Waals surface area contributed by atoms with Gasteiger partial charge in [0, 0.05) is 17.0 Å². The summed E-state index contributed by atoms with van der Waals surface area (Å²) < 4.78 is 0. The molecule has 0 aromatic heterocycles. The molecule has 0 spiro atoms. The van der Waals surface area contributed by atoms with Gasteiger partial charge in [-0.1, -0.05) is 42.6 Å². The summed E-state index contributed by atoms with van der Waals surface area (Å²) >= 11 is 6.09. The van der Waals surface area contributed by atoms with Crippen LogP contribution in [0.2, 0.25) is 5.02 Å². The summed E-state index contributed by atoms with van der Waals surface area (Å²) in [5.74, 6) is 0.147. The topological polar surface area (TPSA) is 46.2 Å². The number of aliphatic hydroxyl groups excluding tert-OH is 1. The van der Waals surface area contributed by atoms with Crippen molar-refractivity contribution < 1.29 is 5.11 Å². The molecule has 0 amide bonds. The van der Waals surface area contributed by atoms with Gasteiger partial charge in [0.25, 0.3) is 0 Å². The Morgan fingerprint density at radius 3 is 2.62 bits per heavy atom. The van der Waals surface area contributed by atoms with Crippen LogP contribution < -0.4 is 5.73 Å². The summed E-state index contributed by atoms with van der Waals surface area (Å²) in [4.78, 5) is 0. The minimum absolute atomic E-state index is 0.0972. The van der Waals surface area contributed by atoms with Crippen LogP contribution in [0.25, 0.3) is 0 Å². The van der Waals surface area contributed by atoms with Crippen LogP contribution in [0, 0.1) is 5.92 Å². The fraction of sp³-hybridized carbons (Fsp3) is 0.538. The maximum absolute atomic E-state index is 10.3. The molecule has 0 radical (unpaired) electrons. The van der Waals surface area contributed by atoms with Crippen molar-refractivity contribution in [2.75, 3.05) is 0 Å². The normalized spacial score (nSPS) is 27.7. The molecule has 1 fully saturated rings. The number of benzene rings is 1. The number of hydrogen-bond acceptors (Lipinski definition) is 2. The second-order valence-electron chi connectivity index (χ2n) is 4.58. The van der Waals surface area contributed by atoms with E-state index in [1.807, 2.05) is 24.3 Å². The highest BCUT2D eigenvalue weighted by Crippen LogP contribution is 2.36. The molecular formula is C13H18ClNO. The highest BCUT2D eigenvalue weighted by molar-refractivity contribution is 6.31. The highest BCUT2D eigenvalue weighted by Gasteiger charge is 2.30. The first kappa shape index (κ1) is 11.9. The molecule has 1 aliphatic carbocycles. The molecule has 0 heterocycles. The van der Waals surface area contributed by atoms with Crippen molar-refractivity contribution in [3.05, 3.63) is 34.9 Å². The first-order valence-electron chi connectivity index (χ1n) is 5.88. The highest BCUT2D eigenvalue weighted by atomic mass is 35.5. The van der Waals surface area contributed by atoms with Crippen LogP contribution in [0.1, 0.15) is 37.4 Å². The second kappa shape index (κ2) is 5.17. The van der Waals surface area contributed by atoms with E-state index in [0.29, 0.717) is 5.02 Å². The van der Waals surface area contributed by atoms with Gasteiger partial charge in [-0.05, 0) is 24.5 Å². The largest absolute Gasteiger partial charge is 0.388 e. The third kappa shape index (κ3) is 2.40. The molecule has 1 aromatic rings. The van der Waals surface area contributed by atoms with Gasteiger partial charge in [-0.25, -0.2) is 0 Å². The molecular weight excluding hydrogens is 222 g/mol. The average molecular weight is 240 g/mol. The molecule has 3 N–H and O–H groups in total. The third-order valence-corrected chi connectivity index (χ3v) is 3.85. The number of halogens is 1. The summed E-state index contributed by atoms with van der Waals surface area (Å²) in [5, 5.41) is 11.0. The van der Waals surface area contributed by atoms with E-state index < -0.39 is 6.10 Å². The zero-order chi connectivity index (χ0) is 11.5. The first-order valence-corrected chi connectivity index (χ1v) is 6.26. The third-order valence-electron chi connectivity index (χ3n) is 3.50. The van der Waals surface area contributed by atoms with E-state index in [-0.39, 0.29) is 12.0 Å². The van der Waals surface area contributed by atoms with Crippen LogP contribution in [0.3, 0.4) is 0 Å². The van der Waals surface area contributed by atoms with Crippen LogP contribution >= 0.6 is 11.6 Å². The van der Waals surface area contributed by atoms with E-state index in [1.165, 1.54) is 6.42 Å². The maximum Gasteiger partial charge on any atom is 0.0847 e. The Kier molecular flexibility index (Phi) is 3.85. The van der Waals surface area contributed by atoms with Crippen molar-refractivity contribution in [1.29, 1.82) is 0 Å². The Labute approximate surface area is 101 Å². The van der Waals surface area contributed by atoms with Crippen molar-refractivity contribution in [3.8, 4) is 0 Å². The van der Waals surface area contributed by atoms with Gasteiger partial charge in [-0.15, -0.1) is 0 Å². The smallest absolute Gasteiger partial charge is 0.0847 e. The summed E-state index contributed by atoms with van der Waals surface area (Å²) in [5.41, 5.74) is 6.88. The molecule has 0 saturated heterocycles. The fourth-order valence-corrected chi connectivity index (χ4v) is 2.77. The first-order chi connectivity index (χ1) is 7.70. The van der Waals surface area contributed by atoms with E-state index in [4.69, 9.17) is 17.3 Å². The SMILES string of the molecule is NC1CCCCC1C(O)c1ccccc1Cl. The van der Waals surface area contributed by atoms with Crippen molar-refractivity contribution in [1.82, 2.24) is 0 Å². The molecule has 3 heteroatoms. The zero-order valence-electron chi connectivity index (χ0n) is 9.27. The summed E-state index contributed by atoms with van der Waals surface area (Å²) in [6, 6.07) is 7.57. The van der Waals surface area contributed by atoms with Crippen molar-refractivity contribution in [2.24, 2.45) is 11.7 Å². The van der Waals surface area contributed by atoms with Gasteiger partial charge in [0.15, 0.2) is 0 Å². The summed E-state index contributed by atoms with van der Waals surface area (Å²) in [6.45, 7) is 0. The summed E-state index contributed by atoms with van der Waals surface area (Å²) in [6.07, 6.45) is 3.80. The van der Waals surface area contributed by atoms with E-state index >= 15 is 0 Å². The van der Waals surface area contributed by atoms with Gasteiger partial charge in [0.2, 0.25) is 0 Å². The predicted octanol–water partition coefficient (Wildman–Crippen LogP) is 2.89. The number of nitrogens with two attached hydrogens (primary N) is 1. The van der Waals surface area contributed by atoms with Crippen molar-refractivity contribution >= 4 is 11.6 Å². The zero-order valence-corrected chi connectivity index (χ0v) is 10.0. The Hall–Kier alpha value is -0.570. The van der Waals surface area contributed by atoms with Crippen LogP contribution in [-0.2, 0) is 0 Å². The van der Waals surface area contributed by atoms with E-state index in [2.05, 4.69) is 0 Å². The number of rotatable bonds is 2. The quantitative estimate of drug-likeness (QED) is 0.834. The predicted molar refractivity (Wildman–Crippen MR) is 66.3 cm³/mol. The molecule has 1 aromatic carbocycles. The van der Waals surface area contributed by atoms with Crippen molar-refractivity contribution in [3.63, 3.8) is 0 Å². The van der Waals surface area contributed by atoms with E-state index in [1.54, 1.807) is 0 Å². The maximum atomic E-state index is 10.3. The van der Waals surface area contributed by atoms with Crippen LogP contribution in [-0.4, -0.2) is 11.1 Å². The molecule has 3 atom stereocenters. The molecule has 2 rings (SSSR count). The fourth-order valence-electron chi connectivity index (χ4n) is 2.53. The lowest BCUT2D eigenvalue weighted by atomic mass is 9.79. The second-order valence-corrected chi connectivity index (χ2v) is 4.99. The molecule has 0 aliphatic heterocycles. The monoisotopic (exact) mass is 239 g/mol.